The summed E-state index contributed by atoms with van der Waals surface area (Å²) < 4.78 is 6.89. The normalized spacial score (nSPS) is 10.6. The summed E-state index contributed by atoms with van der Waals surface area (Å²) in [7, 11) is 1.64. The van der Waals surface area contributed by atoms with E-state index in [4.69, 9.17) is 4.74 Å². The summed E-state index contributed by atoms with van der Waals surface area (Å²) in [6, 6.07) is 7.61. The zero-order valence-corrected chi connectivity index (χ0v) is 11.0. The molecule has 0 saturated carbocycles. The summed E-state index contributed by atoms with van der Waals surface area (Å²) in [5, 5.41) is 14.5. The molecule has 0 aliphatic heterocycles. The lowest BCUT2D eigenvalue weighted by molar-refractivity contribution is 0.414. The van der Waals surface area contributed by atoms with Gasteiger partial charge in [-0.25, -0.2) is 4.68 Å². The summed E-state index contributed by atoms with van der Waals surface area (Å²) in [4.78, 5) is 0. The number of aromatic nitrogens is 2. The summed E-state index contributed by atoms with van der Waals surface area (Å²) >= 11 is 0. The first-order valence-corrected chi connectivity index (χ1v) is 6.09. The lowest BCUT2D eigenvalue weighted by Gasteiger charge is -2.05. The Kier molecular flexibility index (Phi) is 3.55. The Labute approximate surface area is 107 Å². The van der Waals surface area contributed by atoms with Crippen molar-refractivity contribution >= 4 is 0 Å². The minimum absolute atomic E-state index is 0.299. The second-order valence-electron chi connectivity index (χ2n) is 4.24. The number of hydrogen-bond donors (Lipinski definition) is 1. The standard InChI is InChI=1S/C14H18N2O2/c1-4-5-13-14(17)10(2)16(15-13)11-6-8-12(18-3)9-7-11/h6-9,17H,4-5H2,1-3H3. The SMILES string of the molecule is CCCc1nn(-c2ccc(OC)cc2)c(C)c1O. The largest absolute Gasteiger partial charge is 0.504 e. The summed E-state index contributed by atoms with van der Waals surface area (Å²) in [5.41, 5.74) is 2.44. The molecule has 1 heterocycles. The van der Waals surface area contributed by atoms with Crippen molar-refractivity contribution in [2.75, 3.05) is 7.11 Å². The summed E-state index contributed by atoms with van der Waals surface area (Å²) in [6.07, 6.45) is 1.75. The van der Waals surface area contributed by atoms with Crippen molar-refractivity contribution in [1.29, 1.82) is 0 Å². The number of nitrogens with zero attached hydrogens (tertiary/aromatic N) is 2. The van der Waals surface area contributed by atoms with Gasteiger partial charge in [0.05, 0.1) is 18.5 Å². The van der Waals surface area contributed by atoms with Crippen LogP contribution < -0.4 is 4.74 Å². The highest BCUT2D eigenvalue weighted by molar-refractivity contribution is 5.42. The number of aryl methyl sites for hydroxylation is 1. The third kappa shape index (κ3) is 2.18. The van der Waals surface area contributed by atoms with E-state index < -0.39 is 0 Å². The number of rotatable bonds is 4. The molecule has 1 aromatic carbocycles. The van der Waals surface area contributed by atoms with Crippen molar-refractivity contribution < 1.29 is 9.84 Å². The average molecular weight is 246 g/mol. The highest BCUT2D eigenvalue weighted by Crippen LogP contribution is 2.25. The highest BCUT2D eigenvalue weighted by atomic mass is 16.5. The van der Waals surface area contributed by atoms with Gasteiger partial charge in [0, 0.05) is 0 Å². The van der Waals surface area contributed by atoms with Gasteiger partial charge in [-0.15, -0.1) is 0 Å². The van der Waals surface area contributed by atoms with Crippen molar-refractivity contribution in [2.24, 2.45) is 0 Å². The van der Waals surface area contributed by atoms with Crippen LogP contribution in [0, 0.1) is 6.92 Å². The number of hydrogen-bond acceptors (Lipinski definition) is 3. The molecule has 0 aliphatic carbocycles. The van der Waals surface area contributed by atoms with Gasteiger partial charge in [-0.1, -0.05) is 13.3 Å². The van der Waals surface area contributed by atoms with E-state index >= 15 is 0 Å². The Morgan fingerprint density at radius 2 is 1.94 bits per heavy atom. The monoisotopic (exact) mass is 246 g/mol. The molecule has 0 atom stereocenters. The molecule has 0 spiro atoms. The maximum absolute atomic E-state index is 10.0. The van der Waals surface area contributed by atoms with Gasteiger partial charge < -0.3 is 9.84 Å². The molecule has 4 heteroatoms. The third-order valence-corrected chi connectivity index (χ3v) is 2.96. The van der Waals surface area contributed by atoms with Crippen LogP contribution in [0.15, 0.2) is 24.3 Å². The number of aromatic hydroxyl groups is 1. The molecule has 0 aliphatic rings. The van der Waals surface area contributed by atoms with Gasteiger partial charge in [-0.3, -0.25) is 0 Å². The fourth-order valence-electron chi connectivity index (χ4n) is 1.93. The van der Waals surface area contributed by atoms with E-state index in [0.29, 0.717) is 5.75 Å². The van der Waals surface area contributed by atoms with Crippen LogP contribution >= 0.6 is 0 Å². The maximum atomic E-state index is 10.0. The molecule has 1 aromatic heterocycles. The quantitative estimate of drug-likeness (QED) is 0.902. The fraction of sp³-hybridized carbons (Fsp3) is 0.357. The Bertz CT molecular complexity index is 529. The summed E-state index contributed by atoms with van der Waals surface area (Å²) in [6.45, 7) is 3.94. The molecule has 1 N–H and O–H groups in total. The zero-order chi connectivity index (χ0) is 13.1. The van der Waals surface area contributed by atoms with Gasteiger partial charge in [0.15, 0.2) is 5.75 Å². The van der Waals surface area contributed by atoms with Gasteiger partial charge in [0.25, 0.3) is 0 Å². The minimum Gasteiger partial charge on any atom is -0.504 e. The lowest BCUT2D eigenvalue weighted by atomic mass is 10.2. The Morgan fingerprint density at radius 3 is 2.50 bits per heavy atom. The number of ether oxygens (including phenoxy) is 1. The molecule has 0 saturated heterocycles. The van der Waals surface area contributed by atoms with Gasteiger partial charge in [-0.05, 0) is 37.6 Å². The second kappa shape index (κ2) is 5.12. The van der Waals surface area contributed by atoms with E-state index in [-0.39, 0.29) is 0 Å². The zero-order valence-electron chi connectivity index (χ0n) is 11.0. The topological polar surface area (TPSA) is 47.3 Å². The van der Waals surface area contributed by atoms with Crippen LogP contribution in [0.4, 0.5) is 0 Å². The summed E-state index contributed by atoms with van der Waals surface area (Å²) in [5.74, 6) is 1.11. The van der Waals surface area contributed by atoms with Gasteiger partial charge in [-0.2, -0.15) is 5.10 Å². The Hall–Kier alpha value is -1.97. The number of methoxy groups -OCH3 is 1. The molecule has 0 bridgehead atoms. The third-order valence-electron chi connectivity index (χ3n) is 2.96. The van der Waals surface area contributed by atoms with Crippen molar-refractivity contribution in [1.82, 2.24) is 9.78 Å². The van der Waals surface area contributed by atoms with E-state index in [1.165, 1.54) is 0 Å². The van der Waals surface area contributed by atoms with Crippen LogP contribution in [-0.4, -0.2) is 22.0 Å². The average Bonchev–Trinajstić information content (AvgIpc) is 2.68. The van der Waals surface area contributed by atoms with Gasteiger partial charge in [0.2, 0.25) is 0 Å². The molecule has 2 aromatic rings. The predicted octanol–water partition coefficient (Wildman–Crippen LogP) is 2.85. The molecule has 0 radical (unpaired) electrons. The smallest absolute Gasteiger partial charge is 0.160 e. The maximum Gasteiger partial charge on any atom is 0.160 e. The molecule has 96 valence electrons. The first kappa shape index (κ1) is 12.5. The Morgan fingerprint density at radius 1 is 1.28 bits per heavy atom. The minimum atomic E-state index is 0.299. The first-order valence-electron chi connectivity index (χ1n) is 6.09. The van der Waals surface area contributed by atoms with Crippen LogP contribution in [0.25, 0.3) is 5.69 Å². The fourth-order valence-corrected chi connectivity index (χ4v) is 1.93. The first-order chi connectivity index (χ1) is 8.67. The molecule has 0 unspecified atom stereocenters. The molecule has 18 heavy (non-hydrogen) atoms. The van der Waals surface area contributed by atoms with Crippen LogP contribution in [0.3, 0.4) is 0 Å². The molecule has 4 nitrogen and oxygen atoms in total. The lowest BCUT2D eigenvalue weighted by Crippen LogP contribution is -1.99. The van der Waals surface area contributed by atoms with Crippen LogP contribution in [0.1, 0.15) is 24.7 Å². The number of benzene rings is 1. The van der Waals surface area contributed by atoms with Crippen molar-refractivity contribution in [3.05, 3.63) is 35.7 Å². The Balaban J connectivity index is 2.40. The van der Waals surface area contributed by atoms with E-state index in [9.17, 15) is 5.11 Å². The van der Waals surface area contributed by atoms with E-state index in [1.54, 1.807) is 11.8 Å². The van der Waals surface area contributed by atoms with Crippen LogP contribution in [0.5, 0.6) is 11.5 Å². The molecular formula is C14H18N2O2. The van der Waals surface area contributed by atoms with E-state index in [0.717, 1.165) is 35.7 Å². The second-order valence-corrected chi connectivity index (χ2v) is 4.24. The van der Waals surface area contributed by atoms with Crippen LogP contribution in [0.2, 0.25) is 0 Å². The van der Waals surface area contributed by atoms with Gasteiger partial charge >= 0.3 is 0 Å². The van der Waals surface area contributed by atoms with Crippen LogP contribution in [-0.2, 0) is 6.42 Å². The van der Waals surface area contributed by atoms with E-state index in [1.807, 2.05) is 31.2 Å². The molecular weight excluding hydrogens is 228 g/mol. The molecule has 0 amide bonds. The van der Waals surface area contributed by atoms with Gasteiger partial charge in [0.1, 0.15) is 11.4 Å². The van der Waals surface area contributed by atoms with E-state index in [2.05, 4.69) is 12.0 Å². The highest BCUT2D eigenvalue weighted by Gasteiger charge is 2.13. The predicted molar refractivity (Wildman–Crippen MR) is 70.5 cm³/mol. The molecule has 2 rings (SSSR count). The van der Waals surface area contributed by atoms with Crippen molar-refractivity contribution in [3.8, 4) is 17.2 Å². The molecule has 0 fully saturated rings. The van der Waals surface area contributed by atoms with Crippen molar-refractivity contribution in [3.63, 3.8) is 0 Å². The van der Waals surface area contributed by atoms with Crippen molar-refractivity contribution in [2.45, 2.75) is 26.7 Å².